The van der Waals surface area contributed by atoms with Crippen molar-refractivity contribution in [2.75, 3.05) is 16.8 Å². The van der Waals surface area contributed by atoms with Crippen LogP contribution in [0.2, 0.25) is 0 Å². The van der Waals surface area contributed by atoms with Crippen LogP contribution in [0.15, 0.2) is 54.7 Å². The second-order valence-electron chi connectivity index (χ2n) is 6.22. The van der Waals surface area contributed by atoms with Crippen LogP contribution in [0.1, 0.15) is 17.5 Å². The molecular weight excluding hydrogens is 355 g/mol. The van der Waals surface area contributed by atoms with Gasteiger partial charge in [-0.1, -0.05) is 18.2 Å². The highest BCUT2D eigenvalue weighted by Crippen LogP contribution is 2.33. The molecule has 0 fully saturated rings. The molecule has 0 atom stereocenters. The average molecular weight is 371 g/mol. The summed E-state index contributed by atoms with van der Waals surface area (Å²) in [6, 6.07) is 12.8. The molecule has 0 saturated heterocycles. The molecule has 0 bridgehead atoms. The summed E-state index contributed by atoms with van der Waals surface area (Å²) >= 11 is 0. The molecule has 0 unspecified atom stereocenters. The molecule has 1 aliphatic heterocycles. The lowest BCUT2D eigenvalue weighted by Gasteiger charge is -2.30. The normalized spacial score (nSPS) is 14.0. The minimum Gasteiger partial charge on any atom is -0.325 e. The molecule has 8 heteroatoms. The zero-order valence-corrected chi connectivity index (χ0v) is 14.2. The first-order valence-corrected chi connectivity index (χ1v) is 8.50. The highest BCUT2D eigenvalue weighted by Gasteiger charge is 2.30. The largest absolute Gasteiger partial charge is 0.416 e. The minimum atomic E-state index is -4.36. The van der Waals surface area contributed by atoms with Crippen molar-refractivity contribution < 1.29 is 13.2 Å². The lowest BCUT2D eigenvalue weighted by Crippen LogP contribution is -2.25. The van der Waals surface area contributed by atoms with Gasteiger partial charge in [-0.25, -0.2) is 0 Å². The van der Waals surface area contributed by atoms with Crippen LogP contribution >= 0.6 is 0 Å². The molecule has 2 heterocycles. The lowest BCUT2D eigenvalue weighted by molar-refractivity contribution is -0.137. The van der Waals surface area contributed by atoms with E-state index in [-0.39, 0.29) is 5.95 Å². The van der Waals surface area contributed by atoms with E-state index in [1.165, 1.54) is 17.7 Å². The van der Waals surface area contributed by atoms with Gasteiger partial charge < -0.3 is 10.2 Å². The standard InChI is InChI=1S/C19H16F3N5/c20-19(21,22)14-7-9-15(10-8-14)24-18-25-17(12-23-26-18)27-11-3-5-13-4-1-2-6-16(13)27/h1-2,4,6-10,12H,3,5,11H2,(H,24,25,26). The topological polar surface area (TPSA) is 53.9 Å². The number of anilines is 4. The fourth-order valence-corrected chi connectivity index (χ4v) is 3.12. The molecule has 2 aromatic carbocycles. The number of aromatic nitrogens is 3. The first-order chi connectivity index (χ1) is 13.0. The first kappa shape index (κ1) is 17.3. The summed E-state index contributed by atoms with van der Waals surface area (Å²) < 4.78 is 38.0. The number of rotatable bonds is 3. The van der Waals surface area contributed by atoms with E-state index in [1.54, 1.807) is 6.20 Å². The second kappa shape index (κ2) is 6.86. The summed E-state index contributed by atoms with van der Waals surface area (Å²) in [5.74, 6) is 0.877. The van der Waals surface area contributed by atoms with Crippen molar-refractivity contribution in [2.45, 2.75) is 19.0 Å². The van der Waals surface area contributed by atoms with Gasteiger partial charge in [0, 0.05) is 17.9 Å². The fourth-order valence-electron chi connectivity index (χ4n) is 3.12. The van der Waals surface area contributed by atoms with E-state index in [0.717, 1.165) is 37.2 Å². The summed E-state index contributed by atoms with van der Waals surface area (Å²) in [7, 11) is 0. The second-order valence-corrected chi connectivity index (χ2v) is 6.22. The van der Waals surface area contributed by atoms with Crippen LogP contribution in [0.4, 0.5) is 36.3 Å². The maximum absolute atomic E-state index is 12.7. The van der Waals surface area contributed by atoms with Crippen LogP contribution < -0.4 is 10.2 Å². The molecule has 1 aliphatic rings. The first-order valence-electron chi connectivity index (χ1n) is 8.50. The van der Waals surface area contributed by atoms with E-state index in [2.05, 4.69) is 31.5 Å². The summed E-state index contributed by atoms with van der Waals surface area (Å²) in [6.45, 7) is 0.815. The number of hydrogen-bond acceptors (Lipinski definition) is 5. The molecular formula is C19H16F3N5. The molecule has 27 heavy (non-hydrogen) atoms. The Kier molecular flexibility index (Phi) is 4.39. The van der Waals surface area contributed by atoms with Gasteiger partial charge in [-0.2, -0.15) is 23.3 Å². The van der Waals surface area contributed by atoms with Crippen LogP contribution in [0.25, 0.3) is 0 Å². The fraction of sp³-hybridized carbons (Fsp3) is 0.211. The van der Waals surface area contributed by atoms with Gasteiger partial charge in [0.2, 0.25) is 5.95 Å². The van der Waals surface area contributed by atoms with Gasteiger partial charge in [-0.15, -0.1) is 5.10 Å². The predicted octanol–water partition coefficient (Wildman–Crippen LogP) is 4.72. The monoisotopic (exact) mass is 371 g/mol. The number of para-hydroxylation sites is 1. The Labute approximate surface area is 153 Å². The number of nitrogens with zero attached hydrogens (tertiary/aromatic N) is 4. The number of alkyl halides is 3. The molecule has 5 nitrogen and oxygen atoms in total. The Morgan fingerprint density at radius 1 is 1.00 bits per heavy atom. The molecule has 0 amide bonds. The summed E-state index contributed by atoms with van der Waals surface area (Å²) in [6.07, 6.45) is -0.761. The van der Waals surface area contributed by atoms with E-state index in [9.17, 15) is 13.2 Å². The zero-order chi connectivity index (χ0) is 18.9. The Hall–Kier alpha value is -3.16. The van der Waals surface area contributed by atoms with Crippen LogP contribution in [0.5, 0.6) is 0 Å². The molecule has 0 radical (unpaired) electrons. The summed E-state index contributed by atoms with van der Waals surface area (Å²) in [5, 5.41) is 10.8. The summed E-state index contributed by atoms with van der Waals surface area (Å²) in [5.41, 5.74) is 2.09. The molecule has 0 spiro atoms. The van der Waals surface area contributed by atoms with Crippen LogP contribution in [0, 0.1) is 0 Å². The smallest absolute Gasteiger partial charge is 0.325 e. The molecule has 138 valence electrons. The van der Waals surface area contributed by atoms with Gasteiger partial charge in [0.15, 0.2) is 5.82 Å². The highest BCUT2D eigenvalue weighted by atomic mass is 19.4. The Bertz CT molecular complexity index is 941. The van der Waals surface area contributed by atoms with Crippen molar-refractivity contribution in [3.63, 3.8) is 0 Å². The van der Waals surface area contributed by atoms with Gasteiger partial charge in [0.05, 0.1) is 11.8 Å². The molecule has 1 aromatic heterocycles. The highest BCUT2D eigenvalue weighted by molar-refractivity contribution is 5.66. The van der Waals surface area contributed by atoms with Gasteiger partial charge in [-0.3, -0.25) is 0 Å². The minimum absolute atomic E-state index is 0.232. The van der Waals surface area contributed by atoms with Crippen molar-refractivity contribution in [3.05, 3.63) is 65.9 Å². The van der Waals surface area contributed by atoms with Crippen LogP contribution in [-0.2, 0) is 12.6 Å². The van der Waals surface area contributed by atoms with E-state index < -0.39 is 11.7 Å². The molecule has 0 saturated carbocycles. The van der Waals surface area contributed by atoms with Crippen molar-refractivity contribution in [1.29, 1.82) is 0 Å². The Morgan fingerprint density at radius 3 is 2.56 bits per heavy atom. The van der Waals surface area contributed by atoms with Crippen LogP contribution in [-0.4, -0.2) is 21.7 Å². The van der Waals surface area contributed by atoms with Gasteiger partial charge >= 0.3 is 6.18 Å². The van der Waals surface area contributed by atoms with Gasteiger partial charge in [0.1, 0.15) is 0 Å². The number of aryl methyl sites for hydroxylation is 1. The predicted molar refractivity (Wildman–Crippen MR) is 96.3 cm³/mol. The third-order valence-electron chi connectivity index (χ3n) is 4.40. The molecule has 0 aliphatic carbocycles. The van der Waals surface area contributed by atoms with Crippen molar-refractivity contribution >= 4 is 23.1 Å². The number of benzene rings is 2. The van der Waals surface area contributed by atoms with Crippen molar-refractivity contribution in [1.82, 2.24) is 15.2 Å². The molecule has 4 rings (SSSR count). The van der Waals surface area contributed by atoms with Crippen LogP contribution in [0.3, 0.4) is 0 Å². The van der Waals surface area contributed by atoms with Crippen molar-refractivity contribution in [3.8, 4) is 0 Å². The van der Waals surface area contributed by atoms with E-state index in [1.807, 2.05) is 18.2 Å². The SMILES string of the molecule is FC(F)(F)c1ccc(Nc2nncc(N3CCCc4ccccc43)n2)cc1. The van der Waals surface area contributed by atoms with Crippen molar-refractivity contribution in [2.24, 2.45) is 0 Å². The Balaban J connectivity index is 1.57. The number of halogens is 3. The van der Waals surface area contributed by atoms with E-state index in [0.29, 0.717) is 11.5 Å². The number of nitrogens with one attached hydrogen (secondary N) is 1. The summed E-state index contributed by atoms with van der Waals surface area (Å²) in [4.78, 5) is 6.56. The van der Waals surface area contributed by atoms with E-state index in [4.69, 9.17) is 0 Å². The maximum atomic E-state index is 12.7. The average Bonchev–Trinajstić information content (AvgIpc) is 2.67. The van der Waals surface area contributed by atoms with E-state index >= 15 is 0 Å². The third-order valence-corrected chi connectivity index (χ3v) is 4.40. The number of fused-ring (bicyclic) bond motifs is 1. The molecule has 3 aromatic rings. The third kappa shape index (κ3) is 3.69. The maximum Gasteiger partial charge on any atom is 0.416 e. The zero-order valence-electron chi connectivity index (χ0n) is 14.2. The molecule has 1 N–H and O–H groups in total. The number of hydrogen-bond donors (Lipinski definition) is 1. The Morgan fingerprint density at radius 2 is 1.78 bits per heavy atom. The van der Waals surface area contributed by atoms with Gasteiger partial charge in [-0.05, 0) is 48.7 Å². The lowest BCUT2D eigenvalue weighted by atomic mass is 10.0. The quantitative estimate of drug-likeness (QED) is 0.722. The van der Waals surface area contributed by atoms with Gasteiger partial charge in [0.25, 0.3) is 0 Å².